The lowest BCUT2D eigenvalue weighted by atomic mass is 9.82. The van der Waals surface area contributed by atoms with Gasteiger partial charge in [-0.15, -0.1) is 6.58 Å². The maximum Gasteiger partial charge on any atom is 0.264 e. The first-order chi connectivity index (χ1) is 21.4. The van der Waals surface area contributed by atoms with Crippen molar-refractivity contribution in [1.82, 2.24) is 4.90 Å². The van der Waals surface area contributed by atoms with Crippen molar-refractivity contribution in [3.05, 3.63) is 84.5 Å². The van der Waals surface area contributed by atoms with Gasteiger partial charge < -0.3 is 50.5 Å². The summed E-state index contributed by atoms with van der Waals surface area (Å²) < 4.78 is 4.99. The first-order valence-electron chi connectivity index (χ1n) is 14.5. The molecule has 0 radical (unpaired) electrons. The van der Waals surface area contributed by atoms with Gasteiger partial charge in [0, 0.05) is 43.2 Å². The highest BCUT2D eigenvalue weighted by Crippen LogP contribution is 2.46. The molecule has 0 spiro atoms. The Balaban J connectivity index is 1.54. The van der Waals surface area contributed by atoms with Crippen LogP contribution in [0.3, 0.4) is 0 Å². The van der Waals surface area contributed by atoms with E-state index in [1.165, 1.54) is 34.1 Å². The van der Waals surface area contributed by atoms with Gasteiger partial charge >= 0.3 is 0 Å². The van der Waals surface area contributed by atoms with Crippen LogP contribution >= 0.6 is 0 Å². The van der Waals surface area contributed by atoms with E-state index in [0.717, 1.165) is 5.56 Å². The molecule has 2 heterocycles. The lowest BCUT2D eigenvalue weighted by Crippen LogP contribution is -2.60. The van der Waals surface area contributed by atoms with Gasteiger partial charge in [0.1, 0.15) is 18.3 Å². The molecule has 0 saturated carbocycles. The van der Waals surface area contributed by atoms with E-state index in [-0.39, 0.29) is 43.3 Å². The number of carbonyl (C=O) groups is 3. The number of carbonyl (C=O) groups excluding carboxylic acids is 3. The molecule has 2 aliphatic rings. The van der Waals surface area contributed by atoms with Gasteiger partial charge in [-0.3, -0.25) is 14.4 Å². The van der Waals surface area contributed by atoms with E-state index in [1.54, 1.807) is 19.1 Å². The van der Waals surface area contributed by atoms with E-state index >= 15 is 0 Å². The minimum absolute atomic E-state index is 0.0448. The summed E-state index contributed by atoms with van der Waals surface area (Å²) in [7, 11) is 0. The summed E-state index contributed by atoms with van der Waals surface area (Å²) in [5, 5.41) is 63.5. The van der Waals surface area contributed by atoms with Crippen LogP contribution in [-0.2, 0) is 31.3 Å². The predicted molar refractivity (Wildman–Crippen MR) is 162 cm³/mol. The van der Waals surface area contributed by atoms with Crippen molar-refractivity contribution < 1.29 is 49.8 Å². The van der Waals surface area contributed by atoms with Crippen LogP contribution in [0.25, 0.3) is 0 Å². The molecule has 0 bridgehead atoms. The number of ether oxygens (including phenoxy) is 1. The number of hydrogen-bond donors (Lipinski definition) is 7. The van der Waals surface area contributed by atoms with Gasteiger partial charge in [0.2, 0.25) is 5.91 Å². The lowest BCUT2D eigenvalue weighted by molar-refractivity contribution is -0.274. The molecule has 2 aliphatic heterocycles. The van der Waals surface area contributed by atoms with E-state index in [2.05, 4.69) is 11.9 Å². The van der Waals surface area contributed by atoms with Crippen molar-refractivity contribution in [2.45, 2.75) is 56.2 Å². The Labute approximate surface area is 260 Å². The molecule has 2 aromatic rings. The molecule has 7 N–H and O–H groups in total. The Morgan fingerprint density at radius 3 is 2.49 bits per heavy atom. The Bertz CT molecular complexity index is 1420. The fourth-order valence-corrected chi connectivity index (χ4v) is 5.48. The number of rotatable bonds is 12. The van der Waals surface area contributed by atoms with Crippen molar-refractivity contribution in [3.8, 4) is 0 Å². The van der Waals surface area contributed by atoms with E-state index in [1.807, 2.05) is 30.3 Å². The van der Waals surface area contributed by atoms with Crippen LogP contribution in [0.4, 0.5) is 11.4 Å². The molecule has 0 aliphatic carbocycles. The van der Waals surface area contributed by atoms with Crippen molar-refractivity contribution in [2.24, 2.45) is 5.92 Å². The first kappa shape index (κ1) is 33.9. The van der Waals surface area contributed by atoms with Crippen LogP contribution in [0.15, 0.2) is 73.3 Å². The standard InChI is InChI=1S/C32H39N3O10/c1-3-14-35-23-13-12-21(33-29(41)28-26(39)25(38)27(40)30(42)45-28)17-22(23)32(44,31(35)43)19(2)8-7-11-24(37)34(15-16-36)18-20-9-5-4-6-10-20/h3-10,12-13,17,19,25-28,30,36,38-40,42,44H,1,11,14-16,18H2,2H3,(H,33,41)/b8-7+/t19-,25-,26-,27+,28-,30+,32+/m0/s1. The summed E-state index contributed by atoms with van der Waals surface area (Å²) in [5.41, 5.74) is -0.536. The number of benzene rings is 2. The number of anilines is 2. The largest absolute Gasteiger partial charge is 0.395 e. The molecule has 4 rings (SSSR count). The maximum atomic E-state index is 13.6. The average molecular weight is 626 g/mol. The molecule has 2 aromatic carbocycles. The molecular formula is C32H39N3O10. The number of aliphatic hydroxyl groups is 6. The zero-order chi connectivity index (χ0) is 32.9. The molecule has 1 saturated heterocycles. The summed E-state index contributed by atoms with van der Waals surface area (Å²) in [5.74, 6) is -2.68. The second-order valence-corrected chi connectivity index (χ2v) is 11.1. The number of nitrogens with zero attached hydrogens (tertiary/aromatic N) is 2. The van der Waals surface area contributed by atoms with Crippen LogP contribution in [0, 0.1) is 5.92 Å². The Morgan fingerprint density at radius 1 is 1.11 bits per heavy atom. The topological polar surface area (TPSA) is 200 Å². The van der Waals surface area contributed by atoms with Crippen LogP contribution in [0.5, 0.6) is 0 Å². The average Bonchev–Trinajstić information content (AvgIpc) is 3.24. The quantitative estimate of drug-likeness (QED) is 0.154. The third-order valence-corrected chi connectivity index (χ3v) is 8.01. The highest BCUT2D eigenvalue weighted by molar-refractivity contribution is 6.08. The molecule has 13 heteroatoms. The fraction of sp³-hybridized carbons (Fsp3) is 0.406. The minimum Gasteiger partial charge on any atom is -0.395 e. The fourth-order valence-electron chi connectivity index (χ4n) is 5.48. The van der Waals surface area contributed by atoms with E-state index in [0.29, 0.717) is 12.2 Å². The number of hydrogen-bond acceptors (Lipinski definition) is 10. The zero-order valence-electron chi connectivity index (χ0n) is 24.8. The lowest BCUT2D eigenvalue weighted by Gasteiger charge is -2.37. The number of aliphatic hydroxyl groups excluding tert-OH is 5. The van der Waals surface area contributed by atoms with E-state index in [9.17, 15) is 45.0 Å². The molecule has 242 valence electrons. The molecule has 0 aromatic heterocycles. The molecule has 1 fully saturated rings. The molecular weight excluding hydrogens is 586 g/mol. The second kappa shape index (κ2) is 14.4. The van der Waals surface area contributed by atoms with Crippen LogP contribution in [0.2, 0.25) is 0 Å². The van der Waals surface area contributed by atoms with Crippen LogP contribution in [-0.4, -0.2) is 104 Å². The molecule has 0 unspecified atom stereocenters. The summed E-state index contributed by atoms with van der Waals surface area (Å²) in [6, 6.07) is 13.7. The second-order valence-electron chi connectivity index (χ2n) is 11.1. The van der Waals surface area contributed by atoms with Gasteiger partial charge in [-0.1, -0.05) is 55.5 Å². The summed E-state index contributed by atoms with van der Waals surface area (Å²) in [6.07, 6.45) is -4.56. The van der Waals surface area contributed by atoms with Crippen molar-refractivity contribution in [2.75, 3.05) is 29.9 Å². The third-order valence-electron chi connectivity index (χ3n) is 8.01. The predicted octanol–water partition coefficient (Wildman–Crippen LogP) is -0.251. The summed E-state index contributed by atoms with van der Waals surface area (Å²) in [6.45, 7) is 5.62. The molecule has 45 heavy (non-hydrogen) atoms. The monoisotopic (exact) mass is 625 g/mol. The van der Waals surface area contributed by atoms with Crippen molar-refractivity contribution in [3.63, 3.8) is 0 Å². The summed E-state index contributed by atoms with van der Waals surface area (Å²) in [4.78, 5) is 42.4. The van der Waals surface area contributed by atoms with Crippen LogP contribution < -0.4 is 10.2 Å². The number of fused-ring (bicyclic) bond motifs is 1. The maximum absolute atomic E-state index is 13.6. The first-order valence-corrected chi connectivity index (χ1v) is 14.5. The molecule has 7 atom stereocenters. The third kappa shape index (κ3) is 6.99. The van der Waals surface area contributed by atoms with Crippen LogP contribution in [0.1, 0.15) is 24.5 Å². The molecule has 13 nitrogen and oxygen atoms in total. The minimum atomic E-state index is -2.09. The van der Waals surface area contributed by atoms with Gasteiger partial charge in [0.05, 0.1) is 12.3 Å². The summed E-state index contributed by atoms with van der Waals surface area (Å²) >= 11 is 0. The van der Waals surface area contributed by atoms with Gasteiger partial charge in [0.25, 0.3) is 11.8 Å². The van der Waals surface area contributed by atoms with Gasteiger partial charge in [-0.2, -0.15) is 0 Å². The van der Waals surface area contributed by atoms with E-state index < -0.39 is 54.0 Å². The number of amides is 3. The smallest absolute Gasteiger partial charge is 0.264 e. The van der Waals surface area contributed by atoms with E-state index in [4.69, 9.17) is 4.74 Å². The Kier molecular flexibility index (Phi) is 10.9. The normalized spacial score (nSPS) is 26.9. The van der Waals surface area contributed by atoms with Crippen molar-refractivity contribution >= 4 is 29.1 Å². The highest BCUT2D eigenvalue weighted by atomic mass is 16.6. The SMILES string of the molecule is C=CCN1C(=O)[C@@](O)([C@@H](C)/C=C/CC(=O)N(CCO)Cc2ccccc2)c2cc(NC(=O)[C@H]3O[C@@H](O)[C@H](O)[C@@H](O)[C@@H]3O)ccc21. The molecule has 3 amide bonds. The zero-order valence-corrected chi connectivity index (χ0v) is 24.8. The van der Waals surface area contributed by atoms with Crippen molar-refractivity contribution in [1.29, 1.82) is 0 Å². The Morgan fingerprint density at radius 2 is 1.82 bits per heavy atom. The van der Waals surface area contributed by atoms with Gasteiger partial charge in [-0.05, 0) is 23.8 Å². The van der Waals surface area contributed by atoms with Gasteiger partial charge in [-0.25, -0.2) is 0 Å². The van der Waals surface area contributed by atoms with Gasteiger partial charge in [0.15, 0.2) is 18.0 Å². The highest BCUT2D eigenvalue weighted by Gasteiger charge is 2.52. The Hall–Kier alpha value is -3.95. The number of nitrogens with one attached hydrogen (secondary N) is 1.